The number of rotatable bonds is 7. The summed E-state index contributed by atoms with van der Waals surface area (Å²) in [5.41, 5.74) is 0.651. The van der Waals surface area contributed by atoms with E-state index in [1.165, 1.54) is 42.3 Å². The first-order valence-electron chi connectivity index (χ1n) is 9.23. The number of carbonyl (C=O) groups excluding carboxylic acids is 4. The molecule has 1 aliphatic rings. The van der Waals surface area contributed by atoms with Crippen molar-refractivity contribution >= 4 is 35.0 Å². The number of Topliss-reactive ketones (excluding diaryl/α,β-unsaturated/α-hetero) is 1. The zero-order valence-corrected chi connectivity index (χ0v) is 16.5. The molecule has 1 amide bonds. The van der Waals surface area contributed by atoms with Gasteiger partial charge in [0.15, 0.2) is 6.61 Å². The highest BCUT2D eigenvalue weighted by molar-refractivity contribution is 6.01. The lowest BCUT2D eigenvalue weighted by Gasteiger charge is -2.16. The van der Waals surface area contributed by atoms with Gasteiger partial charge in [0.05, 0.1) is 23.5 Å². The van der Waals surface area contributed by atoms with Crippen LogP contribution in [-0.4, -0.2) is 48.8 Å². The van der Waals surface area contributed by atoms with Crippen LogP contribution in [0.25, 0.3) is 0 Å². The summed E-state index contributed by atoms with van der Waals surface area (Å²) in [5, 5.41) is 10.8. The van der Waals surface area contributed by atoms with Gasteiger partial charge in [-0.1, -0.05) is 12.1 Å². The Kier molecular flexibility index (Phi) is 6.39. The molecule has 0 unspecified atom stereocenters. The number of methoxy groups -OCH3 is 1. The minimum atomic E-state index is -0.759. The molecular weight excluding hydrogens is 408 g/mol. The maximum absolute atomic E-state index is 12.3. The molecule has 0 N–H and O–H groups in total. The van der Waals surface area contributed by atoms with E-state index in [1.54, 1.807) is 12.1 Å². The highest BCUT2D eigenvalue weighted by atomic mass is 16.6. The zero-order chi connectivity index (χ0) is 22.5. The molecule has 3 rings (SSSR count). The van der Waals surface area contributed by atoms with Crippen molar-refractivity contribution < 1.29 is 33.6 Å². The summed E-state index contributed by atoms with van der Waals surface area (Å²) in [4.78, 5) is 59.9. The number of hydrogen-bond donors (Lipinski definition) is 0. The van der Waals surface area contributed by atoms with Gasteiger partial charge in [0, 0.05) is 36.3 Å². The third kappa shape index (κ3) is 4.92. The molecule has 2 aromatic rings. The maximum atomic E-state index is 12.3. The van der Waals surface area contributed by atoms with Crippen LogP contribution in [0.4, 0.5) is 11.4 Å². The molecule has 1 fully saturated rings. The lowest BCUT2D eigenvalue weighted by molar-refractivity contribution is -0.384. The van der Waals surface area contributed by atoms with E-state index in [0.717, 1.165) is 6.07 Å². The molecule has 0 radical (unpaired) electrons. The molecule has 31 heavy (non-hydrogen) atoms. The molecule has 0 bridgehead atoms. The lowest BCUT2D eigenvalue weighted by atomic mass is 10.1. The first kappa shape index (κ1) is 21.6. The molecule has 2 aromatic carbocycles. The number of benzene rings is 2. The second-order valence-electron chi connectivity index (χ2n) is 6.78. The van der Waals surface area contributed by atoms with Crippen LogP contribution in [0.5, 0.6) is 0 Å². The van der Waals surface area contributed by atoms with Crippen molar-refractivity contribution in [3.8, 4) is 0 Å². The number of nitro groups is 1. The van der Waals surface area contributed by atoms with E-state index in [9.17, 15) is 29.3 Å². The molecule has 0 aromatic heterocycles. The normalized spacial score (nSPS) is 15.5. The Bertz CT molecular complexity index is 1050. The molecule has 0 aliphatic carbocycles. The standard InChI is InChI=1S/C21H18N2O8/c1-30-20(26)13-5-7-16(8-6-13)22-11-15(10-19(22)25)21(27)31-12-18(24)14-3-2-4-17(9-14)23(28)29/h2-9,15H,10-12H2,1H3/t15-/m0/s1. The minimum absolute atomic E-state index is 0.0526. The van der Waals surface area contributed by atoms with Crippen molar-refractivity contribution in [2.75, 3.05) is 25.2 Å². The Hall–Kier alpha value is -4.08. The fourth-order valence-corrected chi connectivity index (χ4v) is 3.14. The number of hydrogen-bond acceptors (Lipinski definition) is 8. The van der Waals surface area contributed by atoms with Gasteiger partial charge in [0.2, 0.25) is 11.7 Å². The largest absolute Gasteiger partial charge is 0.465 e. The van der Waals surface area contributed by atoms with Crippen LogP contribution in [0.1, 0.15) is 27.1 Å². The number of nitro benzene ring substituents is 1. The van der Waals surface area contributed by atoms with Gasteiger partial charge in [-0.05, 0) is 24.3 Å². The average molecular weight is 426 g/mol. The summed E-state index contributed by atoms with van der Waals surface area (Å²) in [7, 11) is 1.26. The molecule has 10 nitrogen and oxygen atoms in total. The zero-order valence-electron chi connectivity index (χ0n) is 16.5. The first-order valence-corrected chi connectivity index (χ1v) is 9.23. The Morgan fingerprint density at radius 3 is 2.48 bits per heavy atom. The van der Waals surface area contributed by atoms with Gasteiger partial charge < -0.3 is 14.4 Å². The van der Waals surface area contributed by atoms with Gasteiger partial charge in [-0.2, -0.15) is 0 Å². The Morgan fingerprint density at radius 1 is 1.13 bits per heavy atom. The van der Waals surface area contributed by atoms with Gasteiger partial charge in [-0.15, -0.1) is 0 Å². The van der Waals surface area contributed by atoms with Gasteiger partial charge >= 0.3 is 11.9 Å². The molecule has 160 valence electrons. The van der Waals surface area contributed by atoms with E-state index in [0.29, 0.717) is 11.3 Å². The van der Waals surface area contributed by atoms with E-state index in [-0.39, 0.29) is 30.1 Å². The van der Waals surface area contributed by atoms with Crippen LogP contribution in [0.3, 0.4) is 0 Å². The van der Waals surface area contributed by atoms with Crippen molar-refractivity contribution in [2.45, 2.75) is 6.42 Å². The second kappa shape index (κ2) is 9.16. The lowest BCUT2D eigenvalue weighted by Crippen LogP contribution is -2.27. The maximum Gasteiger partial charge on any atom is 0.337 e. The molecule has 1 aliphatic heterocycles. The predicted octanol–water partition coefficient (Wildman–Crippen LogP) is 2.16. The number of amides is 1. The molecule has 1 atom stereocenters. The topological polar surface area (TPSA) is 133 Å². The van der Waals surface area contributed by atoms with Crippen LogP contribution in [0.15, 0.2) is 48.5 Å². The third-order valence-electron chi connectivity index (χ3n) is 4.78. The predicted molar refractivity (Wildman–Crippen MR) is 107 cm³/mol. The highest BCUT2D eigenvalue weighted by Gasteiger charge is 2.36. The van der Waals surface area contributed by atoms with E-state index >= 15 is 0 Å². The smallest absolute Gasteiger partial charge is 0.337 e. The second-order valence-corrected chi connectivity index (χ2v) is 6.78. The molecule has 1 saturated heterocycles. The number of anilines is 1. The van der Waals surface area contributed by atoms with Crippen molar-refractivity contribution in [1.82, 2.24) is 0 Å². The van der Waals surface area contributed by atoms with Gasteiger partial charge in [-0.25, -0.2) is 4.79 Å². The summed E-state index contributed by atoms with van der Waals surface area (Å²) in [6.07, 6.45) is -0.0808. The van der Waals surface area contributed by atoms with Crippen LogP contribution >= 0.6 is 0 Å². The highest BCUT2D eigenvalue weighted by Crippen LogP contribution is 2.26. The van der Waals surface area contributed by atoms with E-state index in [2.05, 4.69) is 4.74 Å². The van der Waals surface area contributed by atoms with Crippen molar-refractivity contribution in [3.05, 3.63) is 69.8 Å². The molecule has 0 saturated carbocycles. The number of non-ortho nitro benzene ring substituents is 1. The SMILES string of the molecule is COC(=O)c1ccc(N2C[C@@H](C(=O)OCC(=O)c3cccc([N+](=O)[O-])c3)CC2=O)cc1. The van der Waals surface area contributed by atoms with Gasteiger partial charge in [0.1, 0.15) is 0 Å². The van der Waals surface area contributed by atoms with Crippen LogP contribution in [0.2, 0.25) is 0 Å². The monoisotopic (exact) mass is 426 g/mol. The van der Waals surface area contributed by atoms with Crippen LogP contribution in [-0.2, 0) is 19.1 Å². The summed E-state index contributed by atoms with van der Waals surface area (Å²) >= 11 is 0. The van der Waals surface area contributed by atoms with E-state index < -0.39 is 35.2 Å². The van der Waals surface area contributed by atoms with Gasteiger partial charge in [-0.3, -0.25) is 24.5 Å². The summed E-state index contributed by atoms with van der Waals surface area (Å²) in [6, 6.07) is 11.3. The Labute approximate surface area is 176 Å². The van der Waals surface area contributed by atoms with Crippen LogP contribution < -0.4 is 4.90 Å². The molecule has 1 heterocycles. The fraction of sp³-hybridized carbons (Fsp3) is 0.238. The summed E-state index contributed by atoms with van der Waals surface area (Å²) in [6.45, 7) is -0.515. The average Bonchev–Trinajstić information content (AvgIpc) is 3.18. The van der Waals surface area contributed by atoms with Crippen molar-refractivity contribution in [1.29, 1.82) is 0 Å². The van der Waals surface area contributed by atoms with E-state index in [4.69, 9.17) is 4.74 Å². The van der Waals surface area contributed by atoms with E-state index in [1.807, 2.05) is 0 Å². The van der Waals surface area contributed by atoms with Gasteiger partial charge in [0.25, 0.3) is 5.69 Å². The number of nitrogens with zero attached hydrogens (tertiary/aromatic N) is 2. The van der Waals surface area contributed by atoms with Crippen LogP contribution in [0, 0.1) is 16.0 Å². The van der Waals surface area contributed by atoms with Crippen molar-refractivity contribution in [2.24, 2.45) is 5.92 Å². The third-order valence-corrected chi connectivity index (χ3v) is 4.78. The number of carbonyl (C=O) groups is 4. The quantitative estimate of drug-likeness (QED) is 0.285. The number of esters is 2. The Balaban J connectivity index is 1.59. The summed E-state index contributed by atoms with van der Waals surface area (Å²) < 4.78 is 9.67. The molecular formula is C21H18N2O8. The molecule has 10 heteroatoms. The molecule has 0 spiro atoms. The first-order chi connectivity index (χ1) is 14.8. The number of ether oxygens (including phenoxy) is 2. The summed E-state index contributed by atoms with van der Waals surface area (Å²) in [5.74, 6) is -2.85. The minimum Gasteiger partial charge on any atom is -0.465 e. The number of ketones is 1. The van der Waals surface area contributed by atoms with Crippen molar-refractivity contribution in [3.63, 3.8) is 0 Å². The Morgan fingerprint density at radius 2 is 1.84 bits per heavy atom. The fourth-order valence-electron chi connectivity index (χ4n) is 3.14.